The second-order valence-corrected chi connectivity index (χ2v) is 5.63. The van der Waals surface area contributed by atoms with Crippen LogP contribution in [-0.2, 0) is 0 Å². The second-order valence-electron chi connectivity index (χ2n) is 5.63. The lowest BCUT2D eigenvalue weighted by Gasteiger charge is -2.27. The topological polar surface area (TPSA) is 62.5 Å². The molecule has 1 aromatic carbocycles. The standard InChI is InChI=1S/C15H17NO3/c1-10-4-5-15(7-10,8-16)14(17)11-2-3-12-13(6-11)19-9-18-12/h2-3,6,10,14,17H,4-5,7,9H2,1H3. The zero-order chi connectivity index (χ0) is 13.5. The first kappa shape index (κ1) is 12.3. The van der Waals surface area contributed by atoms with Gasteiger partial charge in [0.15, 0.2) is 11.5 Å². The number of rotatable bonds is 2. The summed E-state index contributed by atoms with van der Waals surface area (Å²) in [5.74, 6) is 1.83. The van der Waals surface area contributed by atoms with Gasteiger partial charge in [-0.3, -0.25) is 0 Å². The molecule has 1 aliphatic carbocycles. The monoisotopic (exact) mass is 259 g/mol. The maximum Gasteiger partial charge on any atom is 0.231 e. The molecule has 1 saturated carbocycles. The van der Waals surface area contributed by atoms with E-state index in [1.807, 2.05) is 6.07 Å². The molecule has 0 spiro atoms. The van der Waals surface area contributed by atoms with Gasteiger partial charge >= 0.3 is 0 Å². The number of aliphatic hydroxyl groups excluding tert-OH is 1. The second kappa shape index (κ2) is 4.43. The van der Waals surface area contributed by atoms with Crippen molar-refractivity contribution in [2.24, 2.45) is 11.3 Å². The van der Waals surface area contributed by atoms with Crippen molar-refractivity contribution in [2.75, 3.05) is 6.79 Å². The van der Waals surface area contributed by atoms with E-state index in [1.54, 1.807) is 12.1 Å². The van der Waals surface area contributed by atoms with Gasteiger partial charge in [0.2, 0.25) is 6.79 Å². The van der Waals surface area contributed by atoms with E-state index in [0.717, 1.165) is 24.8 Å². The fraction of sp³-hybridized carbons (Fsp3) is 0.533. The van der Waals surface area contributed by atoms with Crippen molar-refractivity contribution in [3.63, 3.8) is 0 Å². The van der Waals surface area contributed by atoms with Crippen LogP contribution in [0.4, 0.5) is 0 Å². The minimum atomic E-state index is -0.767. The number of nitriles is 1. The first-order valence-electron chi connectivity index (χ1n) is 6.63. The molecule has 1 N–H and O–H groups in total. The summed E-state index contributed by atoms with van der Waals surface area (Å²) < 4.78 is 10.6. The van der Waals surface area contributed by atoms with Crippen LogP contribution in [0.15, 0.2) is 18.2 Å². The Morgan fingerprint density at radius 1 is 1.42 bits per heavy atom. The zero-order valence-electron chi connectivity index (χ0n) is 10.9. The average molecular weight is 259 g/mol. The van der Waals surface area contributed by atoms with Crippen LogP contribution in [-0.4, -0.2) is 11.9 Å². The minimum Gasteiger partial charge on any atom is -0.454 e. The Bertz CT molecular complexity index is 537. The summed E-state index contributed by atoms with van der Waals surface area (Å²) in [6, 6.07) is 7.75. The highest BCUT2D eigenvalue weighted by Crippen LogP contribution is 2.50. The summed E-state index contributed by atoms with van der Waals surface area (Å²) >= 11 is 0. The number of hydrogen-bond donors (Lipinski definition) is 1. The molecule has 0 bridgehead atoms. The lowest BCUT2D eigenvalue weighted by molar-refractivity contribution is 0.0645. The predicted octanol–water partition coefficient (Wildman–Crippen LogP) is 2.78. The van der Waals surface area contributed by atoms with Crippen LogP contribution in [0.5, 0.6) is 11.5 Å². The highest BCUT2D eigenvalue weighted by Gasteiger charge is 2.44. The first-order chi connectivity index (χ1) is 9.14. The van der Waals surface area contributed by atoms with Gasteiger partial charge < -0.3 is 14.6 Å². The van der Waals surface area contributed by atoms with Crippen molar-refractivity contribution in [1.29, 1.82) is 5.26 Å². The maximum atomic E-state index is 10.6. The first-order valence-corrected chi connectivity index (χ1v) is 6.63. The smallest absolute Gasteiger partial charge is 0.231 e. The molecule has 0 aromatic heterocycles. The summed E-state index contributed by atoms with van der Waals surface area (Å²) in [6.45, 7) is 2.35. The van der Waals surface area contributed by atoms with Crippen LogP contribution in [0.25, 0.3) is 0 Å². The molecule has 1 aromatic rings. The summed E-state index contributed by atoms with van der Waals surface area (Å²) in [6.07, 6.45) is 1.73. The van der Waals surface area contributed by atoms with Gasteiger partial charge in [0.25, 0.3) is 0 Å². The number of ether oxygens (including phenoxy) is 2. The highest BCUT2D eigenvalue weighted by atomic mass is 16.7. The minimum absolute atomic E-state index is 0.218. The lowest BCUT2D eigenvalue weighted by Crippen LogP contribution is -2.24. The SMILES string of the molecule is CC1CCC(C#N)(C(O)c2ccc3c(c2)OCO3)C1. The van der Waals surface area contributed by atoms with Crippen LogP contribution < -0.4 is 9.47 Å². The van der Waals surface area contributed by atoms with E-state index in [4.69, 9.17) is 9.47 Å². The molecule has 0 amide bonds. The van der Waals surface area contributed by atoms with Crippen molar-refractivity contribution in [3.05, 3.63) is 23.8 Å². The van der Waals surface area contributed by atoms with Crippen LogP contribution in [0.1, 0.15) is 37.9 Å². The quantitative estimate of drug-likeness (QED) is 0.887. The van der Waals surface area contributed by atoms with Crippen molar-refractivity contribution < 1.29 is 14.6 Å². The van der Waals surface area contributed by atoms with Gasteiger partial charge in [-0.25, -0.2) is 0 Å². The lowest BCUT2D eigenvalue weighted by atomic mass is 9.78. The maximum absolute atomic E-state index is 10.6. The molecule has 3 unspecified atom stereocenters. The van der Waals surface area contributed by atoms with Gasteiger partial charge in [-0.1, -0.05) is 13.0 Å². The van der Waals surface area contributed by atoms with E-state index < -0.39 is 11.5 Å². The number of fused-ring (bicyclic) bond motifs is 1. The Kier molecular flexibility index (Phi) is 2.87. The Hall–Kier alpha value is -1.73. The Morgan fingerprint density at radius 3 is 2.89 bits per heavy atom. The number of hydrogen-bond acceptors (Lipinski definition) is 4. The third kappa shape index (κ3) is 1.95. The molecule has 19 heavy (non-hydrogen) atoms. The molecular formula is C15H17NO3. The number of nitrogens with zero attached hydrogens (tertiary/aromatic N) is 1. The molecule has 4 heteroatoms. The van der Waals surface area contributed by atoms with Crippen molar-refractivity contribution >= 4 is 0 Å². The molecule has 2 aliphatic rings. The molecule has 4 nitrogen and oxygen atoms in total. The van der Waals surface area contributed by atoms with Crippen molar-refractivity contribution in [2.45, 2.75) is 32.3 Å². The van der Waals surface area contributed by atoms with E-state index in [1.165, 1.54) is 0 Å². The fourth-order valence-corrected chi connectivity index (χ4v) is 3.14. The molecule has 0 radical (unpaired) electrons. The molecule has 1 heterocycles. The van der Waals surface area contributed by atoms with E-state index in [9.17, 15) is 10.4 Å². The van der Waals surface area contributed by atoms with E-state index in [-0.39, 0.29) is 6.79 Å². The Labute approximate surface area is 112 Å². The van der Waals surface area contributed by atoms with Crippen LogP contribution in [0.3, 0.4) is 0 Å². The summed E-state index contributed by atoms with van der Waals surface area (Å²) in [5, 5.41) is 20.1. The largest absolute Gasteiger partial charge is 0.454 e. The van der Waals surface area contributed by atoms with Crippen LogP contribution >= 0.6 is 0 Å². The van der Waals surface area contributed by atoms with Crippen molar-refractivity contribution in [1.82, 2.24) is 0 Å². The molecule has 3 rings (SSSR count). The van der Waals surface area contributed by atoms with E-state index in [0.29, 0.717) is 17.4 Å². The summed E-state index contributed by atoms with van der Waals surface area (Å²) in [7, 11) is 0. The molecule has 3 atom stereocenters. The van der Waals surface area contributed by atoms with Gasteiger partial charge in [-0.2, -0.15) is 5.26 Å². The van der Waals surface area contributed by atoms with Gasteiger partial charge in [-0.05, 0) is 42.9 Å². The predicted molar refractivity (Wildman–Crippen MR) is 68.6 cm³/mol. The molecule has 1 fully saturated rings. The van der Waals surface area contributed by atoms with Crippen LogP contribution in [0.2, 0.25) is 0 Å². The van der Waals surface area contributed by atoms with Gasteiger partial charge in [0.1, 0.15) is 0 Å². The van der Waals surface area contributed by atoms with E-state index >= 15 is 0 Å². The normalized spacial score (nSPS) is 30.1. The van der Waals surface area contributed by atoms with E-state index in [2.05, 4.69) is 13.0 Å². The third-order valence-corrected chi connectivity index (χ3v) is 4.25. The fourth-order valence-electron chi connectivity index (χ4n) is 3.14. The summed E-state index contributed by atoms with van der Waals surface area (Å²) in [4.78, 5) is 0. The number of aliphatic hydroxyl groups is 1. The molecular weight excluding hydrogens is 242 g/mol. The zero-order valence-corrected chi connectivity index (χ0v) is 10.9. The third-order valence-electron chi connectivity index (χ3n) is 4.25. The summed E-state index contributed by atoms with van der Waals surface area (Å²) in [5.41, 5.74) is 0.0764. The molecule has 100 valence electrons. The van der Waals surface area contributed by atoms with Gasteiger partial charge in [0.05, 0.1) is 17.6 Å². The van der Waals surface area contributed by atoms with Gasteiger partial charge in [0, 0.05) is 0 Å². The molecule has 0 saturated heterocycles. The van der Waals surface area contributed by atoms with Crippen molar-refractivity contribution in [3.8, 4) is 17.6 Å². The highest BCUT2D eigenvalue weighted by molar-refractivity contribution is 5.45. The Morgan fingerprint density at radius 2 is 2.21 bits per heavy atom. The average Bonchev–Trinajstić information content (AvgIpc) is 3.03. The van der Waals surface area contributed by atoms with Gasteiger partial charge in [-0.15, -0.1) is 0 Å². The van der Waals surface area contributed by atoms with Crippen LogP contribution in [0, 0.1) is 22.7 Å². The Balaban J connectivity index is 1.91. The molecule has 1 aliphatic heterocycles. The number of benzene rings is 1.